The molecule has 0 fully saturated rings. The van der Waals surface area contributed by atoms with Gasteiger partial charge >= 0.3 is 6.03 Å². The van der Waals surface area contributed by atoms with Gasteiger partial charge in [-0.2, -0.15) is 4.91 Å². The van der Waals surface area contributed by atoms with Gasteiger partial charge in [-0.15, -0.1) is 11.3 Å². The molecule has 0 unspecified atom stereocenters. The van der Waals surface area contributed by atoms with Crippen molar-refractivity contribution in [2.75, 3.05) is 30.3 Å². The first-order chi connectivity index (χ1) is 18.0. The molecule has 1 aliphatic rings. The molecule has 0 saturated heterocycles. The van der Waals surface area contributed by atoms with Crippen molar-refractivity contribution >= 4 is 45.6 Å². The monoisotopic (exact) mass is 540 g/mol. The van der Waals surface area contributed by atoms with Crippen molar-refractivity contribution in [3.8, 4) is 0 Å². The lowest BCUT2D eigenvalue weighted by atomic mass is 10.0. The highest BCUT2D eigenvalue weighted by Crippen LogP contribution is 2.37. The fourth-order valence-electron chi connectivity index (χ4n) is 4.27. The Hall–Kier alpha value is -3.34. The summed E-state index contributed by atoms with van der Waals surface area (Å²) < 4.78 is 0. The number of amides is 3. The van der Waals surface area contributed by atoms with Crippen molar-refractivity contribution in [1.29, 1.82) is 0 Å². The Morgan fingerprint density at radius 2 is 2.00 bits per heavy atom. The van der Waals surface area contributed by atoms with Crippen LogP contribution in [0.3, 0.4) is 0 Å². The Labute approximate surface area is 224 Å². The molecule has 2 aromatic heterocycles. The zero-order valence-corrected chi connectivity index (χ0v) is 21.9. The van der Waals surface area contributed by atoms with Crippen LogP contribution < -0.4 is 16.0 Å². The number of hydrogen-bond donors (Lipinski definition) is 3. The summed E-state index contributed by atoms with van der Waals surface area (Å²) in [6.45, 7) is 3.08. The Morgan fingerprint density at radius 3 is 2.76 bits per heavy atom. The zero-order chi connectivity index (χ0) is 26.0. The van der Waals surface area contributed by atoms with Gasteiger partial charge in [-0.1, -0.05) is 22.8 Å². The maximum absolute atomic E-state index is 12.6. The van der Waals surface area contributed by atoms with E-state index in [0.717, 1.165) is 54.0 Å². The molecule has 1 aromatic carbocycles. The fraction of sp³-hybridized carbons (Fsp3) is 0.346. The highest BCUT2D eigenvalue weighted by Gasteiger charge is 2.25. The Bertz CT molecular complexity index is 1220. The SMILES string of the molecule is O=NCc1c(NC(=O)Nc2ccc(Cl)cc2)sc2c1CCN(CCCNC(=O)CCc1cccnc1)C2. The number of aryl methyl sites for hydroxylation is 1. The molecule has 0 radical (unpaired) electrons. The van der Waals surface area contributed by atoms with Gasteiger partial charge in [0.05, 0.1) is 0 Å². The van der Waals surface area contributed by atoms with E-state index in [0.29, 0.717) is 35.1 Å². The van der Waals surface area contributed by atoms with Crippen molar-refractivity contribution < 1.29 is 9.59 Å². The van der Waals surface area contributed by atoms with Gasteiger partial charge in [-0.05, 0) is 60.7 Å². The number of pyridine rings is 1. The van der Waals surface area contributed by atoms with Gasteiger partial charge in [0.2, 0.25) is 5.91 Å². The molecule has 4 rings (SSSR count). The number of nitrogens with zero attached hydrogens (tertiary/aromatic N) is 3. The van der Waals surface area contributed by atoms with Gasteiger partial charge in [0.1, 0.15) is 11.5 Å². The van der Waals surface area contributed by atoms with Crippen LogP contribution in [0.4, 0.5) is 15.5 Å². The zero-order valence-electron chi connectivity index (χ0n) is 20.3. The lowest BCUT2D eigenvalue weighted by molar-refractivity contribution is -0.121. The van der Waals surface area contributed by atoms with Crippen molar-refractivity contribution in [2.24, 2.45) is 5.18 Å². The average Bonchev–Trinajstić information content (AvgIpc) is 3.23. The average molecular weight is 541 g/mol. The maximum atomic E-state index is 12.6. The topological polar surface area (TPSA) is 116 Å². The Balaban J connectivity index is 1.25. The van der Waals surface area contributed by atoms with Gasteiger partial charge in [0, 0.05) is 66.1 Å². The molecule has 1 aliphatic heterocycles. The molecule has 3 N–H and O–H groups in total. The number of anilines is 2. The quantitative estimate of drug-likeness (QED) is 0.228. The standard InChI is InChI=1S/C26H29ClN6O3S/c27-19-5-7-20(8-6-19)31-26(35)32-25-22(16-30-36)21-10-14-33(17-23(21)37-25)13-2-12-29-24(34)9-4-18-3-1-11-28-15-18/h1,3,5-8,11,15H,2,4,9-10,12-14,16-17H2,(H,29,34)(H2,31,32,35). The molecule has 0 saturated carbocycles. The number of nitroso groups, excluding NO2 is 1. The molecule has 0 bridgehead atoms. The summed E-state index contributed by atoms with van der Waals surface area (Å²) in [7, 11) is 0. The number of aromatic nitrogens is 1. The maximum Gasteiger partial charge on any atom is 0.324 e. The summed E-state index contributed by atoms with van der Waals surface area (Å²) in [6.07, 6.45) is 6.26. The fourth-order valence-corrected chi connectivity index (χ4v) is 5.69. The summed E-state index contributed by atoms with van der Waals surface area (Å²) in [5, 5.41) is 13.0. The van der Waals surface area contributed by atoms with Crippen LogP contribution in [0.5, 0.6) is 0 Å². The number of halogens is 1. The van der Waals surface area contributed by atoms with Crippen LogP contribution in [0, 0.1) is 4.91 Å². The van der Waals surface area contributed by atoms with E-state index in [1.807, 2.05) is 12.1 Å². The summed E-state index contributed by atoms with van der Waals surface area (Å²) in [4.78, 5) is 43.3. The Kier molecular flexibility index (Phi) is 9.58. The van der Waals surface area contributed by atoms with Crippen molar-refractivity contribution in [1.82, 2.24) is 15.2 Å². The van der Waals surface area contributed by atoms with E-state index in [4.69, 9.17) is 11.6 Å². The largest absolute Gasteiger partial charge is 0.356 e. The third-order valence-electron chi connectivity index (χ3n) is 6.13. The molecule has 37 heavy (non-hydrogen) atoms. The minimum atomic E-state index is -0.385. The molecule has 0 aliphatic carbocycles. The first-order valence-electron chi connectivity index (χ1n) is 12.2. The lowest BCUT2D eigenvalue weighted by Gasteiger charge is -2.27. The molecule has 194 valence electrons. The summed E-state index contributed by atoms with van der Waals surface area (Å²) in [5.74, 6) is 0.0432. The number of thiophene rings is 1. The molecule has 9 nitrogen and oxygen atoms in total. The van der Waals surface area contributed by atoms with E-state index in [1.54, 1.807) is 36.7 Å². The number of carbonyl (C=O) groups excluding carboxylic acids is 2. The second-order valence-corrected chi connectivity index (χ2v) is 10.3. The molecule has 0 spiro atoms. The van der Waals surface area contributed by atoms with Crippen molar-refractivity contribution in [3.05, 3.63) is 80.3 Å². The second-order valence-electron chi connectivity index (χ2n) is 8.78. The highest BCUT2D eigenvalue weighted by atomic mass is 35.5. The summed E-state index contributed by atoms with van der Waals surface area (Å²) in [6, 6.07) is 10.3. The molecular formula is C26H29ClN6O3S. The molecule has 11 heteroatoms. The van der Waals surface area contributed by atoms with E-state index in [2.05, 4.69) is 31.0 Å². The minimum absolute atomic E-state index is 0.0213. The number of urea groups is 1. The van der Waals surface area contributed by atoms with Gasteiger partial charge in [0.15, 0.2) is 0 Å². The van der Waals surface area contributed by atoms with Gasteiger partial charge in [-0.25, -0.2) is 4.79 Å². The van der Waals surface area contributed by atoms with Gasteiger partial charge in [0.25, 0.3) is 0 Å². The molecule has 3 amide bonds. The van der Waals surface area contributed by atoms with E-state index in [-0.39, 0.29) is 18.5 Å². The van der Waals surface area contributed by atoms with E-state index in [1.165, 1.54) is 11.3 Å². The van der Waals surface area contributed by atoms with Gasteiger partial charge < -0.3 is 10.6 Å². The number of rotatable bonds is 11. The number of fused-ring (bicyclic) bond motifs is 1. The van der Waals surface area contributed by atoms with Gasteiger partial charge in [-0.3, -0.25) is 20.0 Å². The van der Waals surface area contributed by atoms with Crippen LogP contribution in [-0.4, -0.2) is 41.5 Å². The second kappa shape index (κ2) is 13.3. The minimum Gasteiger partial charge on any atom is -0.356 e. The molecule has 0 atom stereocenters. The molecule has 3 heterocycles. The lowest BCUT2D eigenvalue weighted by Crippen LogP contribution is -2.33. The van der Waals surface area contributed by atoms with Crippen LogP contribution in [0.1, 0.15) is 34.4 Å². The van der Waals surface area contributed by atoms with Crippen LogP contribution in [0.15, 0.2) is 54.0 Å². The number of carbonyl (C=O) groups is 2. The Morgan fingerprint density at radius 1 is 1.16 bits per heavy atom. The molecule has 3 aromatic rings. The van der Waals surface area contributed by atoms with Crippen LogP contribution in [0.2, 0.25) is 5.02 Å². The predicted octanol–water partition coefficient (Wildman–Crippen LogP) is 5.20. The smallest absolute Gasteiger partial charge is 0.324 e. The molecular weight excluding hydrogens is 512 g/mol. The van der Waals surface area contributed by atoms with Crippen molar-refractivity contribution in [3.63, 3.8) is 0 Å². The third-order valence-corrected chi connectivity index (χ3v) is 7.56. The third kappa shape index (κ3) is 7.82. The van der Waals surface area contributed by atoms with E-state index >= 15 is 0 Å². The normalized spacial score (nSPS) is 13.0. The highest BCUT2D eigenvalue weighted by molar-refractivity contribution is 7.16. The van der Waals surface area contributed by atoms with E-state index in [9.17, 15) is 14.5 Å². The van der Waals surface area contributed by atoms with E-state index < -0.39 is 0 Å². The number of benzene rings is 1. The number of nitrogens with one attached hydrogen (secondary N) is 3. The van der Waals surface area contributed by atoms with Crippen LogP contribution in [-0.2, 0) is 30.7 Å². The predicted molar refractivity (Wildman–Crippen MR) is 147 cm³/mol. The number of hydrogen-bond acceptors (Lipinski definition) is 7. The summed E-state index contributed by atoms with van der Waals surface area (Å²) >= 11 is 7.39. The van der Waals surface area contributed by atoms with Crippen LogP contribution >= 0.6 is 22.9 Å². The first-order valence-corrected chi connectivity index (χ1v) is 13.4. The van der Waals surface area contributed by atoms with Crippen molar-refractivity contribution in [2.45, 2.75) is 38.8 Å². The first kappa shape index (κ1) is 26.7. The van der Waals surface area contributed by atoms with Crippen LogP contribution in [0.25, 0.3) is 0 Å². The summed E-state index contributed by atoms with van der Waals surface area (Å²) in [5.41, 5.74) is 3.57.